The van der Waals surface area contributed by atoms with Crippen LogP contribution >= 0.6 is 12.4 Å². The first-order valence-corrected chi connectivity index (χ1v) is 14.3. The number of hydrogen-bond donors (Lipinski definition) is 1. The average molecular weight is 468 g/mol. The molecular formula is C24H54ClNO3Si. The van der Waals surface area contributed by atoms with E-state index in [0.717, 1.165) is 25.7 Å². The van der Waals surface area contributed by atoms with Gasteiger partial charge in [-0.2, -0.15) is 0 Å². The van der Waals surface area contributed by atoms with Gasteiger partial charge in [0.05, 0.1) is 0 Å². The van der Waals surface area contributed by atoms with Gasteiger partial charge in [0.1, 0.15) is 0 Å². The Morgan fingerprint density at radius 3 is 1.40 bits per heavy atom. The Bertz CT molecular complexity index is 338. The highest BCUT2D eigenvalue weighted by Crippen LogP contribution is 2.34. The molecule has 0 aromatic carbocycles. The predicted octanol–water partition coefficient (Wildman–Crippen LogP) is 7.66. The molecule has 0 aromatic rings. The van der Waals surface area contributed by atoms with E-state index in [9.17, 15) is 0 Å². The van der Waals surface area contributed by atoms with Gasteiger partial charge in [-0.05, 0) is 25.7 Å². The van der Waals surface area contributed by atoms with Crippen LogP contribution in [0.3, 0.4) is 0 Å². The van der Waals surface area contributed by atoms with Gasteiger partial charge in [0.2, 0.25) is 0 Å². The second-order valence-electron chi connectivity index (χ2n) is 8.72. The summed E-state index contributed by atoms with van der Waals surface area (Å²) in [6.07, 6.45) is 21.7. The van der Waals surface area contributed by atoms with Gasteiger partial charge in [-0.3, -0.25) is 0 Å². The molecule has 0 amide bonds. The van der Waals surface area contributed by atoms with E-state index in [-0.39, 0.29) is 18.4 Å². The highest BCUT2D eigenvalue weighted by Gasteiger charge is 2.46. The zero-order valence-corrected chi connectivity index (χ0v) is 22.7. The van der Waals surface area contributed by atoms with Crippen LogP contribution in [-0.4, -0.2) is 36.2 Å². The maximum absolute atomic E-state index is 6.46. The molecule has 0 heterocycles. The van der Waals surface area contributed by atoms with Gasteiger partial charge in [-0.1, -0.05) is 97.3 Å². The lowest BCUT2D eigenvalue weighted by atomic mass is 10.00. The largest absolute Gasteiger partial charge is 0.503 e. The maximum Gasteiger partial charge on any atom is 0.503 e. The smallest absolute Gasteiger partial charge is 0.377 e. The number of unbranched alkanes of at least 4 members (excludes halogenated alkanes) is 11. The van der Waals surface area contributed by atoms with Crippen molar-refractivity contribution < 1.29 is 13.3 Å². The Morgan fingerprint density at radius 1 is 0.567 bits per heavy atom. The minimum Gasteiger partial charge on any atom is -0.377 e. The molecule has 4 nitrogen and oxygen atoms in total. The van der Waals surface area contributed by atoms with Crippen molar-refractivity contribution in [3.05, 3.63) is 0 Å². The highest BCUT2D eigenvalue weighted by molar-refractivity contribution is 6.62. The topological polar surface area (TPSA) is 53.7 Å². The Labute approximate surface area is 196 Å². The van der Waals surface area contributed by atoms with Crippen LogP contribution in [0.2, 0.25) is 5.54 Å². The molecule has 2 atom stereocenters. The molecule has 0 aliphatic rings. The van der Waals surface area contributed by atoms with Crippen LogP contribution in [-0.2, 0) is 13.3 Å². The summed E-state index contributed by atoms with van der Waals surface area (Å²) in [5, 5.41) is 0. The summed E-state index contributed by atoms with van der Waals surface area (Å²) in [6, 6.07) is 0.287. The van der Waals surface area contributed by atoms with Crippen molar-refractivity contribution in [3.63, 3.8) is 0 Å². The number of rotatable bonds is 22. The van der Waals surface area contributed by atoms with Gasteiger partial charge < -0.3 is 19.0 Å². The third kappa shape index (κ3) is 15.2. The third-order valence-corrected chi connectivity index (χ3v) is 9.61. The summed E-state index contributed by atoms with van der Waals surface area (Å²) >= 11 is 0. The van der Waals surface area contributed by atoms with Gasteiger partial charge in [-0.25, -0.2) is 0 Å². The van der Waals surface area contributed by atoms with Gasteiger partial charge in [-0.15, -0.1) is 12.4 Å². The molecule has 0 rings (SSSR count). The molecule has 0 spiro atoms. The zero-order valence-electron chi connectivity index (χ0n) is 20.9. The summed E-state index contributed by atoms with van der Waals surface area (Å²) in [6.45, 7) is 4.53. The van der Waals surface area contributed by atoms with Gasteiger partial charge in [0.25, 0.3) is 0 Å². The molecular weight excluding hydrogens is 414 g/mol. The fourth-order valence-electron chi connectivity index (χ4n) is 4.34. The van der Waals surface area contributed by atoms with Gasteiger partial charge in [0.15, 0.2) is 0 Å². The summed E-state index contributed by atoms with van der Waals surface area (Å²) in [5.41, 5.74) is 6.81. The Balaban J connectivity index is 0. The first-order valence-electron chi connectivity index (χ1n) is 12.5. The lowest BCUT2D eigenvalue weighted by Crippen LogP contribution is -2.48. The molecule has 2 unspecified atom stereocenters. The molecule has 6 heteroatoms. The second kappa shape index (κ2) is 22.5. The summed E-state index contributed by atoms with van der Waals surface area (Å²) in [4.78, 5) is 0. The lowest BCUT2D eigenvalue weighted by molar-refractivity contribution is 0.107. The fraction of sp³-hybridized carbons (Fsp3) is 1.00. The molecule has 30 heavy (non-hydrogen) atoms. The fourth-order valence-corrected chi connectivity index (χ4v) is 6.92. The molecule has 0 saturated carbocycles. The molecule has 0 aromatic heterocycles. The Morgan fingerprint density at radius 2 is 0.967 bits per heavy atom. The normalized spacial score (nSPS) is 13.8. The van der Waals surface area contributed by atoms with Crippen molar-refractivity contribution in [2.24, 2.45) is 5.73 Å². The molecule has 0 aliphatic heterocycles. The van der Waals surface area contributed by atoms with Crippen LogP contribution in [0.5, 0.6) is 0 Å². The van der Waals surface area contributed by atoms with E-state index in [0.29, 0.717) is 5.54 Å². The van der Waals surface area contributed by atoms with Gasteiger partial charge >= 0.3 is 8.80 Å². The molecule has 0 aliphatic carbocycles. The molecule has 0 fully saturated rings. The van der Waals surface area contributed by atoms with E-state index >= 15 is 0 Å². The zero-order chi connectivity index (χ0) is 21.8. The number of nitrogens with two attached hydrogens (primary N) is 1. The van der Waals surface area contributed by atoms with E-state index in [1.807, 2.05) is 0 Å². The Hall–Kier alpha value is 0.347. The standard InChI is InChI=1S/C24H53NO3Si.ClH/c1-6-8-10-12-13-14-16-17-19-23(25)21-22-24(20-18-15-11-9-7-2)29(26-3,27-4)28-5;/h23-24H,6-22,25H2,1-5H3;1H. The monoisotopic (exact) mass is 467 g/mol. The maximum atomic E-state index is 6.46. The van der Waals surface area contributed by atoms with Crippen LogP contribution in [0.4, 0.5) is 0 Å². The van der Waals surface area contributed by atoms with Crippen LogP contribution in [0.15, 0.2) is 0 Å². The minimum absolute atomic E-state index is 0. The van der Waals surface area contributed by atoms with Crippen LogP contribution in [0.25, 0.3) is 0 Å². The van der Waals surface area contributed by atoms with Crippen molar-refractivity contribution >= 4 is 21.2 Å². The van der Waals surface area contributed by atoms with Crippen LogP contribution in [0.1, 0.15) is 123 Å². The molecule has 184 valence electrons. The van der Waals surface area contributed by atoms with Gasteiger partial charge in [0, 0.05) is 32.9 Å². The van der Waals surface area contributed by atoms with Crippen LogP contribution in [0, 0.1) is 0 Å². The quantitative estimate of drug-likeness (QED) is 0.131. The summed E-state index contributed by atoms with van der Waals surface area (Å²) in [7, 11) is 2.62. The molecule has 0 radical (unpaired) electrons. The van der Waals surface area contributed by atoms with Crippen molar-refractivity contribution in [3.8, 4) is 0 Å². The van der Waals surface area contributed by atoms with E-state index in [1.54, 1.807) is 21.3 Å². The van der Waals surface area contributed by atoms with Crippen molar-refractivity contribution in [1.29, 1.82) is 0 Å². The molecule has 0 saturated heterocycles. The van der Waals surface area contributed by atoms with E-state index in [4.69, 9.17) is 19.0 Å². The second-order valence-corrected chi connectivity index (χ2v) is 12.0. The van der Waals surface area contributed by atoms with E-state index in [2.05, 4.69) is 13.8 Å². The van der Waals surface area contributed by atoms with Crippen molar-refractivity contribution in [1.82, 2.24) is 0 Å². The van der Waals surface area contributed by atoms with E-state index < -0.39 is 8.80 Å². The van der Waals surface area contributed by atoms with Crippen LogP contribution < -0.4 is 5.73 Å². The van der Waals surface area contributed by atoms with Crippen molar-refractivity contribution in [2.75, 3.05) is 21.3 Å². The SMILES string of the molecule is CCCCCCCCCCC(N)CCC(CCCCCCC)[Si](OC)(OC)OC.Cl. The molecule has 2 N–H and O–H groups in total. The number of hydrogen-bond acceptors (Lipinski definition) is 4. The third-order valence-electron chi connectivity index (χ3n) is 6.32. The highest BCUT2D eigenvalue weighted by atomic mass is 35.5. The first-order chi connectivity index (χ1) is 14.1. The van der Waals surface area contributed by atoms with Crippen molar-refractivity contribution in [2.45, 2.75) is 135 Å². The summed E-state index contributed by atoms with van der Waals surface area (Å²) < 4.78 is 17.4. The Kier molecular flexibility index (Phi) is 24.4. The molecule has 0 bridgehead atoms. The first kappa shape index (κ1) is 32.5. The number of halogens is 1. The lowest BCUT2D eigenvalue weighted by Gasteiger charge is -2.33. The predicted molar refractivity (Wildman–Crippen MR) is 136 cm³/mol. The van der Waals surface area contributed by atoms with E-state index in [1.165, 1.54) is 83.5 Å². The summed E-state index contributed by atoms with van der Waals surface area (Å²) in [5.74, 6) is 0. The minimum atomic E-state index is -2.60. The average Bonchev–Trinajstić information content (AvgIpc) is 2.74.